The van der Waals surface area contributed by atoms with Gasteiger partial charge in [-0.2, -0.15) is 0 Å². The van der Waals surface area contributed by atoms with Crippen LogP contribution >= 0.6 is 22.9 Å². The van der Waals surface area contributed by atoms with Crippen LogP contribution in [0, 0.1) is 5.82 Å². The maximum Gasteiger partial charge on any atom is 0.329 e. The minimum Gasteiger partial charge on any atom is -0.480 e. The first-order valence-electron chi connectivity index (χ1n) is 7.96. The summed E-state index contributed by atoms with van der Waals surface area (Å²) in [6, 6.07) is 8.65. The maximum absolute atomic E-state index is 14.1. The molecule has 2 aromatic heterocycles. The number of hydrogen-bond donors (Lipinski definition) is 1. The lowest BCUT2D eigenvalue weighted by atomic mass is 10.2. The molecule has 5 nitrogen and oxygen atoms in total. The number of nitrogens with zero attached hydrogens (tertiary/aromatic N) is 2. The van der Waals surface area contributed by atoms with Gasteiger partial charge in [0.05, 0.1) is 21.5 Å². The number of rotatable bonds is 6. The summed E-state index contributed by atoms with van der Waals surface area (Å²) in [6.07, 6.45) is 1.76. The number of aromatic nitrogens is 2. The van der Waals surface area contributed by atoms with Gasteiger partial charge < -0.3 is 5.11 Å². The van der Waals surface area contributed by atoms with Crippen molar-refractivity contribution in [1.29, 1.82) is 0 Å². The predicted molar refractivity (Wildman–Crippen MR) is 99.5 cm³/mol. The van der Waals surface area contributed by atoms with Crippen LogP contribution in [0.15, 0.2) is 47.4 Å². The third-order valence-electron chi connectivity index (χ3n) is 4.12. The van der Waals surface area contributed by atoms with Crippen LogP contribution in [0.3, 0.4) is 0 Å². The minimum atomic E-state index is -1.09. The van der Waals surface area contributed by atoms with Crippen molar-refractivity contribution in [3.05, 3.63) is 68.8 Å². The van der Waals surface area contributed by atoms with Crippen molar-refractivity contribution >= 4 is 28.9 Å². The molecule has 1 unspecified atom stereocenters. The van der Waals surface area contributed by atoms with Gasteiger partial charge in [-0.25, -0.2) is 14.0 Å². The van der Waals surface area contributed by atoms with Crippen LogP contribution in [-0.4, -0.2) is 20.2 Å². The van der Waals surface area contributed by atoms with Crippen LogP contribution in [0.2, 0.25) is 4.34 Å². The Labute approximate surface area is 157 Å². The van der Waals surface area contributed by atoms with E-state index in [-0.39, 0.29) is 13.0 Å². The third-order valence-corrected chi connectivity index (χ3v) is 5.38. The van der Waals surface area contributed by atoms with E-state index in [1.165, 1.54) is 32.7 Å². The molecule has 0 aliphatic carbocycles. The number of imidazole rings is 1. The van der Waals surface area contributed by atoms with Gasteiger partial charge in [-0.05, 0) is 24.6 Å². The summed E-state index contributed by atoms with van der Waals surface area (Å²) in [5.41, 5.74) is 0.358. The molecule has 0 aliphatic heterocycles. The number of carboxylic acid groups (broad SMARTS) is 1. The molecule has 0 radical (unpaired) electrons. The van der Waals surface area contributed by atoms with E-state index in [1.807, 2.05) is 0 Å². The van der Waals surface area contributed by atoms with Crippen molar-refractivity contribution in [3.8, 4) is 10.6 Å². The Kier molecular flexibility index (Phi) is 5.29. The number of hydrogen-bond acceptors (Lipinski definition) is 3. The zero-order chi connectivity index (χ0) is 18.8. The fourth-order valence-electron chi connectivity index (χ4n) is 2.81. The highest BCUT2D eigenvalue weighted by Crippen LogP contribution is 2.31. The van der Waals surface area contributed by atoms with Crippen LogP contribution in [0.25, 0.3) is 10.6 Å². The van der Waals surface area contributed by atoms with E-state index in [4.69, 9.17) is 11.6 Å². The normalized spacial score (nSPS) is 12.3. The van der Waals surface area contributed by atoms with Crippen molar-refractivity contribution < 1.29 is 14.3 Å². The van der Waals surface area contributed by atoms with Gasteiger partial charge in [-0.1, -0.05) is 36.7 Å². The molecule has 8 heteroatoms. The van der Waals surface area contributed by atoms with Crippen LogP contribution in [0.4, 0.5) is 4.39 Å². The van der Waals surface area contributed by atoms with Gasteiger partial charge in [0.2, 0.25) is 0 Å². The van der Waals surface area contributed by atoms with E-state index in [9.17, 15) is 19.1 Å². The van der Waals surface area contributed by atoms with E-state index in [1.54, 1.807) is 37.3 Å². The summed E-state index contributed by atoms with van der Waals surface area (Å²) in [7, 11) is 0. The van der Waals surface area contributed by atoms with Crippen molar-refractivity contribution in [2.75, 3.05) is 0 Å². The highest BCUT2D eigenvalue weighted by atomic mass is 35.5. The number of carboxylic acids is 1. The summed E-state index contributed by atoms with van der Waals surface area (Å²) in [6.45, 7) is 1.69. The minimum absolute atomic E-state index is 0.000583. The molecule has 2 heterocycles. The number of benzene rings is 1. The highest BCUT2D eigenvalue weighted by molar-refractivity contribution is 7.19. The second-order valence-electron chi connectivity index (χ2n) is 5.75. The average molecular weight is 395 g/mol. The number of aliphatic carboxylic acids is 1. The Morgan fingerprint density at radius 3 is 2.62 bits per heavy atom. The fraction of sp³-hybridized carbons (Fsp3) is 0.222. The highest BCUT2D eigenvalue weighted by Gasteiger charge is 2.24. The Morgan fingerprint density at radius 1 is 1.31 bits per heavy atom. The topological polar surface area (TPSA) is 64.2 Å². The number of carbonyl (C=O) groups is 1. The number of halogens is 2. The standard InChI is InChI=1S/C18H16ClFN2O3S/c1-2-13(17(23)24)22-10-14(15-7-8-16(19)26-15)21(18(22)25)9-11-5-3-4-6-12(11)20/h3-8,10,13H,2,9H2,1H3,(H,23,24). The van der Waals surface area contributed by atoms with Gasteiger partial charge in [0.1, 0.15) is 11.9 Å². The molecular formula is C18H16ClFN2O3S. The Balaban J connectivity index is 2.17. The Morgan fingerprint density at radius 2 is 2.04 bits per heavy atom. The first-order valence-corrected chi connectivity index (χ1v) is 9.15. The first-order chi connectivity index (χ1) is 12.4. The molecule has 0 fully saturated rings. The van der Waals surface area contributed by atoms with E-state index < -0.39 is 23.5 Å². The lowest BCUT2D eigenvalue weighted by molar-refractivity contribution is -0.141. The summed E-state index contributed by atoms with van der Waals surface area (Å²) in [5, 5.41) is 9.41. The second kappa shape index (κ2) is 7.47. The van der Waals surface area contributed by atoms with E-state index in [2.05, 4.69) is 0 Å². The molecule has 3 rings (SSSR count). The van der Waals surface area contributed by atoms with Gasteiger partial charge in [-0.3, -0.25) is 9.13 Å². The molecule has 1 N–H and O–H groups in total. The van der Waals surface area contributed by atoms with Gasteiger partial charge in [0.25, 0.3) is 0 Å². The molecule has 0 saturated heterocycles. The lowest BCUT2D eigenvalue weighted by Crippen LogP contribution is -2.31. The summed E-state index contributed by atoms with van der Waals surface area (Å²) in [4.78, 5) is 25.1. The molecule has 0 bridgehead atoms. The Bertz CT molecular complexity index is 1010. The van der Waals surface area contributed by atoms with Crippen LogP contribution in [0.5, 0.6) is 0 Å². The van der Waals surface area contributed by atoms with Crippen LogP contribution in [0.1, 0.15) is 24.9 Å². The molecule has 3 aromatic rings. The van der Waals surface area contributed by atoms with Crippen LogP contribution < -0.4 is 5.69 Å². The second-order valence-corrected chi connectivity index (χ2v) is 7.46. The smallest absolute Gasteiger partial charge is 0.329 e. The van der Waals surface area contributed by atoms with Gasteiger partial charge >= 0.3 is 11.7 Å². The zero-order valence-corrected chi connectivity index (χ0v) is 15.4. The molecule has 1 aromatic carbocycles. The van der Waals surface area contributed by atoms with Crippen molar-refractivity contribution in [2.24, 2.45) is 0 Å². The lowest BCUT2D eigenvalue weighted by Gasteiger charge is -2.10. The van der Waals surface area contributed by atoms with Crippen LogP contribution in [-0.2, 0) is 11.3 Å². The molecule has 0 spiro atoms. The summed E-state index contributed by atoms with van der Waals surface area (Å²) in [5.74, 6) is -1.51. The Hall–Kier alpha value is -2.38. The number of thiophene rings is 1. The molecule has 136 valence electrons. The average Bonchev–Trinajstić information content (AvgIpc) is 3.15. The van der Waals surface area contributed by atoms with Gasteiger partial charge in [0.15, 0.2) is 0 Å². The predicted octanol–water partition coefficient (Wildman–Crippen LogP) is 4.25. The molecule has 26 heavy (non-hydrogen) atoms. The van der Waals surface area contributed by atoms with Gasteiger partial charge in [-0.15, -0.1) is 11.3 Å². The van der Waals surface area contributed by atoms with Gasteiger partial charge in [0, 0.05) is 11.8 Å². The fourth-order valence-corrected chi connectivity index (χ4v) is 3.87. The molecular weight excluding hydrogens is 379 g/mol. The van der Waals surface area contributed by atoms with E-state index in [0.29, 0.717) is 20.5 Å². The first kappa shape index (κ1) is 18.4. The van der Waals surface area contributed by atoms with E-state index >= 15 is 0 Å². The van der Waals surface area contributed by atoms with Crippen molar-refractivity contribution in [3.63, 3.8) is 0 Å². The summed E-state index contributed by atoms with van der Waals surface area (Å²) < 4.78 is 17.2. The molecule has 1 atom stereocenters. The molecule has 0 aliphatic rings. The zero-order valence-electron chi connectivity index (χ0n) is 13.9. The summed E-state index contributed by atoms with van der Waals surface area (Å²) >= 11 is 7.28. The largest absolute Gasteiger partial charge is 0.480 e. The monoisotopic (exact) mass is 394 g/mol. The maximum atomic E-state index is 14.1. The van der Waals surface area contributed by atoms with Crippen molar-refractivity contribution in [2.45, 2.75) is 25.9 Å². The molecule has 0 saturated carbocycles. The van der Waals surface area contributed by atoms with E-state index in [0.717, 1.165) is 0 Å². The van der Waals surface area contributed by atoms with Crippen molar-refractivity contribution in [1.82, 2.24) is 9.13 Å². The third kappa shape index (κ3) is 3.45. The molecule has 0 amide bonds. The SMILES string of the molecule is CCC(C(=O)O)n1cc(-c2ccc(Cl)s2)n(Cc2ccccc2F)c1=O. The quantitative estimate of drug-likeness (QED) is 0.679.